The third kappa shape index (κ3) is 3.17. The van der Waals surface area contributed by atoms with Crippen LogP contribution in [0.15, 0.2) is 12.1 Å². The van der Waals surface area contributed by atoms with Crippen molar-refractivity contribution in [2.75, 3.05) is 18.0 Å². The molecule has 0 saturated carbocycles. The van der Waals surface area contributed by atoms with Gasteiger partial charge in [0.1, 0.15) is 0 Å². The van der Waals surface area contributed by atoms with Crippen molar-refractivity contribution in [2.24, 2.45) is 0 Å². The molecule has 2 aliphatic rings. The molecule has 1 aromatic heterocycles. The first-order chi connectivity index (χ1) is 11.1. The molecule has 0 bridgehead atoms. The molecule has 0 aromatic carbocycles. The number of pyridine rings is 1. The van der Waals surface area contributed by atoms with Crippen molar-refractivity contribution in [3.63, 3.8) is 0 Å². The number of hydrogen-bond donors (Lipinski definition) is 0. The molecule has 2 atom stereocenters. The molecule has 2 aliphatic heterocycles. The van der Waals surface area contributed by atoms with Gasteiger partial charge in [0.2, 0.25) is 0 Å². The van der Waals surface area contributed by atoms with E-state index in [0.29, 0.717) is 24.5 Å². The van der Waals surface area contributed by atoms with Gasteiger partial charge in [0.25, 0.3) is 0 Å². The average molecular weight is 336 g/mol. The summed E-state index contributed by atoms with van der Waals surface area (Å²) in [5.74, 6) is 0.000722. The van der Waals surface area contributed by atoms with Gasteiger partial charge in [-0.3, -0.25) is 0 Å². The lowest BCUT2D eigenvalue weighted by molar-refractivity contribution is -0.00564. The molecule has 132 valence electrons. The summed E-state index contributed by atoms with van der Waals surface area (Å²) in [4.78, 5) is 6.46. The van der Waals surface area contributed by atoms with Crippen LogP contribution in [-0.4, -0.2) is 48.6 Å². The highest BCUT2D eigenvalue weighted by Gasteiger charge is 2.52. The van der Waals surface area contributed by atoms with Gasteiger partial charge in [0.15, 0.2) is 11.6 Å². The van der Waals surface area contributed by atoms with Crippen LogP contribution in [0.3, 0.4) is 0 Å². The van der Waals surface area contributed by atoms with E-state index in [0.717, 1.165) is 0 Å². The molecule has 2 unspecified atom stereocenters. The minimum atomic E-state index is -0.592. The summed E-state index contributed by atoms with van der Waals surface area (Å²) in [6.07, 6.45) is 0.0749. The van der Waals surface area contributed by atoms with Crippen LogP contribution in [-0.2, 0) is 14.0 Å². The molecule has 0 spiro atoms. The molecule has 3 heterocycles. The third-order valence-electron chi connectivity index (χ3n) is 5.06. The number of halogens is 1. The third-order valence-corrected chi connectivity index (χ3v) is 5.06. The number of ether oxygens (including phenoxy) is 1. The molecule has 0 aliphatic carbocycles. The van der Waals surface area contributed by atoms with E-state index in [4.69, 9.17) is 14.0 Å². The van der Waals surface area contributed by atoms with Crippen LogP contribution in [0, 0.1) is 5.82 Å². The zero-order valence-corrected chi connectivity index (χ0v) is 15.3. The Bertz CT molecular complexity index is 600. The molecule has 3 rings (SSSR count). The van der Waals surface area contributed by atoms with Crippen LogP contribution in [0.5, 0.6) is 0 Å². The lowest BCUT2D eigenvalue weighted by Gasteiger charge is -2.36. The van der Waals surface area contributed by atoms with Gasteiger partial charge in [-0.2, -0.15) is 0 Å². The second-order valence-electron chi connectivity index (χ2n) is 7.79. The highest BCUT2D eigenvalue weighted by atomic mass is 19.1. The number of nitrogens with zero attached hydrogens (tertiary/aromatic N) is 2. The molecule has 2 fully saturated rings. The number of morpholine rings is 1. The predicted octanol–water partition coefficient (Wildman–Crippen LogP) is 2.13. The van der Waals surface area contributed by atoms with Crippen LogP contribution in [0.1, 0.15) is 41.5 Å². The summed E-state index contributed by atoms with van der Waals surface area (Å²) in [5, 5.41) is 0. The Kier molecular flexibility index (Phi) is 4.39. The van der Waals surface area contributed by atoms with E-state index in [1.807, 2.05) is 46.4 Å². The Morgan fingerprint density at radius 2 is 1.62 bits per heavy atom. The summed E-state index contributed by atoms with van der Waals surface area (Å²) < 4.78 is 32.1. The van der Waals surface area contributed by atoms with Gasteiger partial charge < -0.3 is 18.9 Å². The van der Waals surface area contributed by atoms with E-state index >= 15 is 0 Å². The van der Waals surface area contributed by atoms with Crippen molar-refractivity contribution in [1.29, 1.82) is 0 Å². The summed E-state index contributed by atoms with van der Waals surface area (Å²) in [6.45, 7) is 13.1. The van der Waals surface area contributed by atoms with Crippen LogP contribution in [0.25, 0.3) is 0 Å². The van der Waals surface area contributed by atoms with Crippen molar-refractivity contribution in [2.45, 2.75) is 65.0 Å². The van der Waals surface area contributed by atoms with Crippen molar-refractivity contribution in [3.8, 4) is 0 Å². The van der Waals surface area contributed by atoms with Crippen molar-refractivity contribution in [1.82, 2.24) is 4.98 Å². The van der Waals surface area contributed by atoms with E-state index in [-0.39, 0.29) is 18.0 Å². The first-order valence-corrected chi connectivity index (χ1v) is 8.51. The second-order valence-corrected chi connectivity index (χ2v) is 7.79. The fourth-order valence-electron chi connectivity index (χ4n) is 3.11. The Labute approximate surface area is 143 Å². The van der Waals surface area contributed by atoms with Crippen LogP contribution in [0.2, 0.25) is 0 Å². The maximum atomic E-state index is 14.4. The van der Waals surface area contributed by atoms with Crippen molar-refractivity contribution < 1.29 is 18.4 Å². The van der Waals surface area contributed by atoms with Crippen molar-refractivity contribution in [3.05, 3.63) is 17.9 Å². The zero-order chi connectivity index (χ0) is 17.7. The molecular weight excluding hydrogens is 310 g/mol. The molecular formula is C17H26BFN2O3. The fourth-order valence-corrected chi connectivity index (χ4v) is 3.11. The Morgan fingerprint density at radius 1 is 1.08 bits per heavy atom. The lowest BCUT2D eigenvalue weighted by atomic mass is 9.84. The van der Waals surface area contributed by atoms with Gasteiger partial charge >= 0.3 is 7.12 Å². The number of rotatable bonds is 2. The van der Waals surface area contributed by atoms with E-state index in [1.54, 1.807) is 6.07 Å². The Morgan fingerprint density at radius 3 is 2.17 bits per heavy atom. The first-order valence-electron chi connectivity index (χ1n) is 8.51. The van der Waals surface area contributed by atoms with Gasteiger partial charge in [-0.15, -0.1) is 0 Å². The average Bonchev–Trinajstić information content (AvgIpc) is 2.66. The second kappa shape index (κ2) is 5.97. The number of hydrogen-bond acceptors (Lipinski definition) is 5. The Hall–Kier alpha value is -1.18. The monoisotopic (exact) mass is 336 g/mol. The molecule has 0 radical (unpaired) electrons. The van der Waals surface area contributed by atoms with Crippen molar-refractivity contribution >= 4 is 18.5 Å². The number of anilines is 1. The standard InChI is InChI=1S/C17H26BFN2O3/c1-11-9-21(10-12(2)22-11)15-13(19)7-8-14(20-15)18-23-16(3,4)17(5,6)24-18/h7-8,11-12H,9-10H2,1-6H3. The summed E-state index contributed by atoms with van der Waals surface area (Å²) >= 11 is 0. The number of aromatic nitrogens is 1. The van der Waals surface area contributed by atoms with E-state index in [1.165, 1.54) is 6.07 Å². The Balaban J connectivity index is 1.87. The van der Waals surface area contributed by atoms with Crippen LogP contribution >= 0.6 is 0 Å². The van der Waals surface area contributed by atoms with Gasteiger partial charge in [0, 0.05) is 13.1 Å². The first kappa shape index (κ1) is 17.6. The fraction of sp³-hybridized carbons (Fsp3) is 0.706. The summed E-state index contributed by atoms with van der Waals surface area (Å²) in [5.41, 5.74) is -0.303. The summed E-state index contributed by atoms with van der Waals surface area (Å²) in [6, 6.07) is 3.07. The smallest absolute Gasteiger partial charge is 0.398 e. The molecule has 5 nitrogen and oxygen atoms in total. The highest BCUT2D eigenvalue weighted by Crippen LogP contribution is 2.36. The largest absolute Gasteiger partial charge is 0.514 e. The maximum absolute atomic E-state index is 14.4. The molecule has 0 N–H and O–H groups in total. The van der Waals surface area contributed by atoms with Crippen LogP contribution < -0.4 is 10.5 Å². The van der Waals surface area contributed by atoms with Gasteiger partial charge in [-0.05, 0) is 53.7 Å². The summed E-state index contributed by atoms with van der Waals surface area (Å²) in [7, 11) is -0.592. The van der Waals surface area contributed by atoms with Crippen LogP contribution in [0.4, 0.5) is 10.2 Å². The topological polar surface area (TPSA) is 43.8 Å². The molecule has 0 amide bonds. The zero-order valence-electron chi connectivity index (χ0n) is 15.3. The molecule has 7 heteroatoms. The highest BCUT2D eigenvalue weighted by molar-refractivity contribution is 6.61. The molecule has 24 heavy (non-hydrogen) atoms. The normalized spacial score (nSPS) is 29.1. The van der Waals surface area contributed by atoms with Gasteiger partial charge in [-0.25, -0.2) is 9.37 Å². The predicted molar refractivity (Wildman–Crippen MR) is 92.1 cm³/mol. The van der Waals surface area contributed by atoms with E-state index in [9.17, 15) is 4.39 Å². The minimum Gasteiger partial charge on any atom is -0.398 e. The van der Waals surface area contributed by atoms with Gasteiger partial charge in [-0.1, -0.05) is 0 Å². The van der Waals surface area contributed by atoms with E-state index in [2.05, 4.69) is 4.98 Å². The minimum absolute atomic E-state index is 0.0375. The molecule has 2 saturated heterocycles. The molecule has 1 aromatic rings. The lowest BCUT2D eigenvalue weighted by Crippen LogP contribution is -2.47. The quantitative estimate of drug-likeness (QED) is 0.774. The van der Waals surface area contributed by atoms with E-state index < -0.39 is 18.3 Å². The SMILES string of the molecule is CC1CN(c2nc(B3OC(C)(C)C(C)(C)O3)ccc2F)CC(C)O1. The maximum Gasteiger partial charge on any atom is 0.514 e. The van der Waals surface area contributed by atoms with Gasteiger partial charge in [0.05, 0.1) is 29.0 Å².